The van der Waals surface area contributed by atoms with Crippen molar-refractivity contribution < 1.29 is 27.4 Å². The third kappa shape index (κ3) is 7.46. The smallest absolute Gasteiger partial charge is 0.264 e. The second-order valence-corrected chi connectivity index (χ2v) is 20.3. The number of hydrogen-bond donors (Lipinski definition) is 1. The van der Waals surface area contributed by atoms with Gasteiger partial charge in [-0.2, -0.15) is 0 Å². The molecule has 0 aromatic heterocycles. The molecule has 5 aliphatic rings. The Balaban J connectivity index is 1.34. The van der Waals surface area contributed by atoms with Gasteiger partial charge in [0.05, 0.1) is 35.3 Å². The van der Waals surface area contributed by atoms with Crippen molar-refractivity contribution in [3.8, 4) is 5.75 Å². The fourth-order valence-corrected chi connectivity index (χ4v) is 13.7. The molecule has 1 amide bonds. The lowest BCUT2D eigenvalue weighted by atomic mass is 9.64. The lowest BCUT2D eigenvalue weighted by Crippen LogP contribution is -2.57. The van der Waals surface area contributed by atoms with Crippen molar-refractivity contribution >= 4 is 56.7 Å². The number of fused-ring (bicyclic) bond motifs is 4. The zero-order chi connectivity index (χ0) is 35.8. The second kappa shape index (κ2) is 15.5. The molecule has 2 aliphatic carbocycles. The van der Waals surface area contributed by atoms with Crippen LogP contribution in [0.15, 0.2) is 48.6 Å². The van der Waals surface area contributed by atoms with Gasteiger partial charge in [-0.05, 0) is 123 Å². The summed E-state index contributed by atoms with van der Waals surface area (Å²) in [6, 6.07) is 11.7. The average molecular weight is 775 g/mol. The van der Waals surface area contributed by atoms with Gasteiger partial charge < -0.3 is 19.1 Å². The van der Waals surface area contributed by atoms with Gasteiger partial charge in [-0.25, -0.2) is 13.1 Å². The average Bonchev–Trinajstić information content (AvgIpc) is 3.26. The van der Waals surface area contributed by atoms with Crippen LogP contribution in [0.2, 0.25) is 5.02 Å². The molecule has 3 heterocycles. The topological polar surface area (TPSA) is 94.2 Å². The number of methoxy groups -OCH3 is 1. The number of sulfonamides is 1. The van der Waals surface area contributed by atoms with E-state index in [1.165, 1.54) is 17.5 Å². The quantitative estimate of drug-likeness (QED) is 0.245. The van der Waals surface area contributed by atoms with Crippen LogP contribution in [-0.4, -0.2) is 81.3 Å². The Morgan fingerprint density at radius 3 is 2.67 bits per heavy atom. The Morgan fingerprint density at radius 2 is 1.90 bits per heavy atom. The monoisotopic (exact) mass is 774 g/mol. The zero-order valence-corrected chi connectivity index (χ0v) is 33.1. The summed E-state index contributed by atoms with van der Waals surface area (Å²) in [4.78, 5) is 16.1. The number of nitrogens with zero attached hydrogens (tertiary/aromatic N) is 1. The number of thioether (sulfide) groups is 2. The third-order valence-electron chi connectivity index (χ3n) is 12.0. The van der Waals surface area contributed by atoms with Crippen molar-refractivity contribution in [1.29, 1.82) is 0 Å². The van der Waals surface area contributed by atoms with E-state index in [9.17, 15) is 13.2 Å². The zero-order valence-electron chi connectivity index (χ0n) is 29.9. The van der Waals surface area contributed by atoms with Crippen LogP contribution in [0.4, 0.5) is 5.69 Å². The number of halogens is 1. The molecule has 1 saturated carbocycles. The first-order chi connectivity index (χ1) is 24.5. The van der Waals surface area contributed by atoms with E-state index in [-0.39, 0.29) is 21.8 Å². The van der Waals surface area contributed by atoms with Crippen LogP contribution in [0, 0.1) is 17.8 Å². The number of carbonyl (C=O) groups is 1. The van der Waals surface area contributed by atoms with Crippen LogP contribution in [0.3, 0.4) is 0 Å². The Hall–Kier alpha value is -1.89. The summed E-state index contributed by atoms with van der Waals surface area (Å²) in [5.74, 6) is 2.65. The highest BCUT2D eigenvalue weighted by atomic mass is 35.5. The Labute approximate surface area is 317 Å². The molecule has 51 heavy (non-hydrogen) atoms. The van der Waals surface area contributed by atoms with Gasteiger partial charge in [0.1, 0.15) is 11.4 Å². The summed E-state index contributed by atoms with van der Waals surface area (Å²) in [5, 5.41) is -0.0327. The van der Waals surface area contributed by atoms with Crippen molar-refractivity contribution in [2.45, 2.75) is 79.6 Å². The van der Waals surface area contributed by atoms with Crippen molar-refractivity contribution in [2.75, 3.05) is 56.4 Å². The second-order valence-electron chi connectivity index (χ2n) is 15.1. The fraction of sp³-hybridized carbons (Fsp3) is 0.615. The van der Waals surface area contributed by atoms with Crippen LogP contribution in [-0.2, 0) is 31.3 Å². The SMILES string of the molecule is COCCO[C@@]1(C2SCCCS2)/C=C/C[C@H](C)[C@@H](C)S(=O)(=O)NC(=O)c2ccc3c(c2)N(C[C@@H]2CC[C@H]21)C[C@@]1(CCCc2cc(Cl)ccc21)CO3. The minimum Gasteiger partial charge on any atom is -0.490 e. The molecule has 8 nitrogen and oxygen atoms in total. The van der Waals surface area contributed by atoms with Crippen molar-refractivity contribution in [3.63, 3.8) is 0 Å². The maximum Gasteiger partial charge on any atom is 0.264 e. The first kappa shape index (κ1) is 37.4. The molecule has 7 rings (SSSR count). The van der Waals surface area contributed by atoms with Crippen LogP contribution in [0.1, 0.15) is 73.9 Å². The van der Waals surface area contributed by atoms with Gasteiger partial charge in [0.15, 0.2) is 0 Å². The summed E-state index contributed by atoms with van der Waals surface area (Å²) in [6.45, 7) is 6.62. The van der Waals surface area contributed by atoms with Gasteiger partial charge in [0.2, 0.25) is 10.0 Å². The molecule has 2 bridgehead atoms. The first-order valence-electron chi connectivity index (χ1n) is 18.5. The number of anilines is 1. The Kier molecular flexibility index (Phi) is 11.3. The lowest BCUT2D eigenvalue weighted by Gasteiger charge is -2.53. The van der Waals surface area contributed by atoms with E-state index in [2.05, 4.69) is 33.9 Å². The van der Waals surface area contributed by atoms with Crippen molar-refractivity contribution in [3.05, 3.63) is 70.3 Å². The molecule has 3 aliphatic heterocycles. The van der Waals surface area contributed by atoms with Gasteiger partial charge in [-0.3, -0.25) is 4.79 Å². The van der Waals surface area contributed by atoms with E-state index in [1.54, 1.807) is 20.1 Å². The maximum atomic E-state index is 13.6. The molecule has 12 heteroatoms. The Bertz CT molecular complexity index is 1740. The first-order valence-corrected chi connectivity index (χ1v) is 22.5. The lowest BCUT2D eigenvalue weighted by molar-refractivity contribution is -0.0982. The number of rotatable bonds is 5. The van der Waals surface area contributed by atoms with E-state index in [4.69, 9.17) is 25.8 Å². The predicted molar refractivity (Wildman–Crippen MR) is 209 cm³/mol. The molecule has 0 radical (unpaired) electrons. The normalized spacial score (nSPS) is 33.2. The van der Waals surface area contributed by atoms with E-state index in [0.29, 0.717) is 43.5 Å². The van der Waals surface area contributed by atoms with Crippen LogP contribution in [0.5, 0.6) is 5.75 Å². The summed E-state index contributed by atoms with van der Waals surface area (Å²) in [7, 11) is -2.25. The van der Waals surface area contributed by atoms with E-state index >= 15 is 0 Å². The molecule has 1 spiro atoms. The number of carbonyl (C=O) groups excluding carboxylic acids is 1. The minimum atomic E-state index is -3.96. The number of benzene rings is 2. The molecular formula is C39H51ClN2O6S3. The number of nitrogens with one attached hydrogen (secondary N) is 1. The molecule has 1 saturated heterocycles. The Morgan fingerprint density at radius 1 is 1.08 bits per heavy atom. The number of hydrogen-bond acceptors (Lipinski definition) is 9. The molecule has 2 fully saturated rings. The summed E-state index contributed by atoms with van der Waals surface area (Å²) >= 11 is 10.5. The predicted octanol–water partition coefficient (Wildman–Crippen LogP) is 7.48. The van der Waals surface area contributed by atoms with E-state index in [1.807, 2.05) is 48.6 Å². The van der Waals surface area contributed by atoms with Crippen molar-refractivity contribution in [1.82, 2.24) is 4.72 Å². The summed E-state index contributed by atoms with van der Waals surface area (Å²) in [6.07, 6.45) is 11.3. The third-order valence-corrected chi connectivity index (χ3v) is 17.4. The minimum absolute atomic E-state index is 0.217. The van der Waals surface area contributed by atoms with E-state index < -0.39 is 26.8 Å². The molecule has 0 unspecified atom stereocenters. The number of aryl methyl sites for hydroxylation is 1. The summed E-state index contributed by atoms with van der Waals surface area (Å²) in [5.41, 5.74) is 2.89. The van der Waals surface area contributed by atoms with Gasteiger partial charge in [0.25, 0.3) is 5.91 Å². The molecule has 278 valence electrons. The van der Waals surface area contributed by atoms with Crippen LogP contribution >= 0.6 is 35.1 Å². The highest BCUT2D eigenvalue weighted by molar-refractivity contribution is 8.17. The fourth-order valence-electron chi connectivity index (χ4n) is 8.82. The molecule has 2 aromatic carbocycles. The van der Waals surface area contributed by atoms with Gasteiger partial charge >= 0.3 is 0 Å². The van der Waals surface area contributed by atoms with Crippen LogP contribution < -0.4 is 14.4 Å². The molecule has 6 atom stereocenters. The van der Waals surface area contributed by atoms with Crippen molar-refractivity contribution in [2.24, 2.45) is 17.8 Å². The van der Waals surface area contributed by atoms with Crippen LogP contribution in [0.25, 0.3) is 0 Å². The molecule has 2 aromatic rings. The highest BCUT2D eigenvalue weighted by Gasteiger charge is 2.53. The summed E-state index contributed by atoms with van der Waals surface area (Å²) < 4.78 is 49.1. The van der Waals surface area contributed by atoms with Gasteiger partial charge in [-0.15, -0.1) is 23.5 Å². The highest BCUT2D eigenvalue weighted by Crippen LogP contribution is 2.54. The van der Waals surface area contributed by atoms with Gasteiger partial charge in [-0.1, -0.05) is 36.7 Å². The number of ether oxygens (including phenoxy) is 3. The maximum absolute atomic E-state index is 13.6. The van der Waals surface area contributed by atoms with Gasteiger partial charge in [0, 0.05) is 36.2 Å². The largest absolute Gasteiger partial charge is 0.490 e. The standard InChI is InChI=1S/C39H51ClN2O6S3/c1-26-7-4-16-39(48-18-17-46-3,37-49-19-6-20-50-37)33-12-9-30(33)23-42-24-38(15-5-8-28-21-31(40)11-13-32(28)38)25-47-35-14-10-29(22-34(35)42)36(43)41-51(44,45)27(26)2/h4,10-11,13-14,16,21-22,26-27,30,33,37H,5-9,12,15,17-20,23-25H2,1-3H3,(H,41,43)/b16-4+/t26-,27+,30-,33+,38-,39-/m0/s1. The van der Waals surface area contributed by atoms with E-state index in [0.717, 1.165) is 67.4 Å². The molecular weight excluding hydrogens is 724 g/mol. The number of allylic oxidation sites excluding steroid dienone is 1. The molecule has 1 N–H and O–H groups in total. The number of amides is 1.